The Bertz CT molecular complexity index is 4940. The van der Waals surface area contributed by atoms with Crippen LogP contribution in [0.4, 0.5) is 31.5 Å². The lowest BCUT2D eigenvalue weighted by Crippen LogP contribution is -2.38. The van der Waals surface area contributed by atoms with Crippen molar-refractivity contribution >= 4 is 160 Å². The predicted molar refractivity (Wildman–Crippen MR) is 406 cm³/mol. The monoisotopic (exact) mass is 1480 g/mol. The van der Waals surface area contributed by atoms with Crippen LogP contribution in [0.1, 0.15) is 200 Å². The summed E-state index contributed by atoms with van der Waals surface area (Å²) in [5, 5.41) is 3.03. The van der Waals surface area contributed by atoms with Crippen molar-refractivity contribution in [1.29, 1.82) is 0 Å². The molecule has 6 aliphatic rings. The smallest absolute Gasteiger partial charge is 0.248 e. The number of allylic oxidation sites excluding steroid dienone is 8. The van der Waals surface area contributed by atoms with Crippen LogP contribution in [0.3, 0.4) is 0 Å². The molecule has 2 spiro atoms. The lowest BCUT2D eigenvalue weighted by molar-refractivity contribution is -0.0468. The third-order valence-corrected chi connectivity index (χ3v) is 25.5. The van der Waals surface area contributed by atoms with Gasteiger partial charge in [-0.05, 0) is 183 Å². The molecule has 0 atom stereocenters. The van der Waals surface area contributed by atoms with E-state index in [1.54, 1.807) is 12.2 Å². The van der Waals surface area contributed by atoms with E-state index in [4.69, 9.17) is 92.8 Å². The highest BCUT2D eigenvalue weighted by Crippen LogP contribution is 2.65. The minimum Gasteiger partial charge on any atom is -0.312 e. The zero-order valence-electron chi connectivity index (χ0n) is 56.8. The van der Waals surface area contributed by atoms with Gasteiger partial charge in [-0.2, -0.15) is 0 Å². The molecule has 0 unspecified atom stereocenters. The van der Waals surface area contributed by atoms with Crippen LogP contribution in [0.15, 0.2) is 144 Å². The summed E-state index contributed by atoms with van der Waals surface area (Å²) in [6.07, 6.45) is 10.2. The Morgan fingerprint density at radius 1 is 0.444 bits per heavy atom. The van der Waals surface area contributed by atoms with E-state index in [1.807, 2.05) is 30.3 Å². The van der Waals surface area contributed by atoms with Gasteiger partial charge in [0.1, 0.15) is 0 Å². The fourth-order valence-electron chi connectivity index (χ4n) is 17.0. The Kier molecular flexibility index (Phi) is 17.2. The normalized spacial score (nSPS) is 19.5. The number of anilines is 4. The minimum absolute atomic E-state index is 0.0648. The molecule has 8 aromatic carbocycles. The molecule has 0 amide bonds. The fourth-order valence-corrected chi connectivity index (χ4v) is 19.1. The average molecular weight is 1480 g/mol. The first-order chi connectivity index (χ1) is 46.5. The summed E-state index contributed by atoms with van der Waals surface area (Å²) in [5.41, 5.74) is 10.9. The number of aryl methyl sites for hydroxylation is 2. The van der Waals surface area contributed by atoms with Crippen LogP contribution in [0.2, 0.25) is 40.2 Å². The molecular formula is C83H72Cl8F2N2O4. The summed E-state index contributed by atoms with van der Waals surface area (Å²) in [6.45, 7) is 24.5. The molecule has 4 aliphatic carbocycles. The average Bonchev–Trinajstić information content (AvgIpc) is 1.55. The van der Waals surface area contributed by atoms with Crippen LogP contribution in [-0.4, -0.2) is 29.1 Å². The van der Waals surface area contributed by atoms with Crippen LogP contribution < -0.4 is 9.80 Å². The number of carbonyl (C=O) groups excluding carboxylic acids is 4. The van der Waals surface area contributed by atoms with Crippen LogP contribution in [-0.2, 0) is 33.5 Å². The van der Waals surface area contributed by atoms with Gasteiger partial charge in [0.2, 0.25) is 5.92 Å². The van der Waals surface area contributed by atoms with Crippen molar-refractivity contribution in [3.63, 3.8) is 0 Å². The number of hydrogen-bond donors (Lipinski definition) is 0. The van der Waals surface area contributed by atoms with Crippen molar-refractivity contribution in [2.45, 2.75) is 167 Å². The maximum Gasteiger partial charge on any atom is 0.248 e. The molecule has 508 valence electrons. The topological polar surface area (TPSA) is 74.8 Å². The summed E-state index contributed by atoms with van der Waals surface area (Å²) in [4.78, 5) is 63.0. The van der Waals surface area contributed by atoms with E-state index in [9.17, 15) is 19.2 Å². The van der Waals surface area contributed by atoms with E-state index in [-0.39, 0.29) is 121 Å². The Hall–Kier alpha value is -6.30. The molecule has 2 saturated carbocycles. The van der Waals surface area contributed by atoms with Gasteiger partial charge in [0.15, 0.2) is 23.1 Å². The van der Waals surface area contributed by atoms with Gasteiger partial charge in [0, 0.05) is 35.1 Å². The number of benzene rings is 8. The Morgan fingerprint density at radius 3 is 1.18 bits per heavy atom. The molecule has 99 heavy (non-hydrogen) atoms. The number of rotatable bonds is 6. The number of hydrogen-bond acceptors (Lipinski definition) is 6. The number of fused-ring (bicyclic) bond motifs is 10. The molecule has 0 aromatic heterocycles. The Balaban J connectivity index is 0.895. The first-order valence-electron chi connectivity index (χ1n) is 33.6. The van der Waals surface area contributed by atoms with Crippen LogP contribution in [0.25, 0.3) is 21.5 Å². The van der Waals surface area contributed by atoms with E-state index in [2.05, 4.69) is 159 Å². The second kappa shape index (κ2) is 24.4. The summed E-state index contributed by atoms with van der Waals surface area (Å²) in [6, 6.07) is 34.4. The van der Waals surface area contributed by atoms with Crippen LogP contribution in [0.5, 0.6) is 0 Å². The standard InChI is InChI=1S/C83H72Cl8F2N2O4/c1-41-36-44(37-42(2)72(41)94-54-24-20-46-17-13-15-19-49(46)63(54)82(32-34-83(92,93)35-33-82)57(94)27-23-51-76(98)60-61(77(51)99)67(87)71(91)70(90)66(60)86)38-43-28-30-81(31-29-43)56(26-22-50-74(96)58-59(75(50)97)65(85)69(89)68(88)64(58)84)95(55-25-21-45-16-12-14-18-48(45)62(55)81)73-52(79(6,7)8)39-47(78(3,4)5)40-53(73)80(9,10)11/h12-27,36-37,39-40,43H,28-35,38H2,1-11H3/b56-26-,57-27-. The van der Waals surface area contributed by atoms with Crippen molar-refractivity contribution in [3.8, 4) is 0 Å². The highest BCUT2D eigenvalue weighted by Gasteiger charge is 2.56. The van der Waals surface area contributed by atoms with E-state index in [1.165, 1.54) is 28.3 Å². The summed E-state index contributed by atoms with van der Waals surface area (Å²) in [7, 11) is 0. The van der Waals surface area contributed by atoms with Gasteiger partial charge in [-0.3, -0.25) is 19.2 Å². The molecular weight excluding hydrogens is 1410 g/mol. The van der Waals surface area contributed by atoms with Gasteiger partial charge in [0.25, 0.3) is 0 Å². The van der Waals surface area contributed by atoms with E-state index in [0.717, 1.165) is 104 Å². The van der Waals surface area contributed by atoms with Gasteiger partial charge in [-0.1, -0.05) is 240 Å². The summed E-state index contributed by atoms with van der Waals surface area (Å²) >= 11 is 52.9. The third-order valence-electron chi connectivity index (χ3n) is 21.9. The number of alkyl halides is 2. The van der Waals surface area contributed by atoms with Crippen molar-refractivity contribution in [2.75, 3.05) is 9.80 Å². The molecule has 8 aromatic rings. The van der Waals surface area contributed by atoms with E-state index >= 15 is 8.78 Å². The molecule has 2 fully saturated rings. The second-order valence-corrected chi connectivity index (χ2v) is 34.1. The van der Waals surface area contributed by atoms with E-state index in [0.29, 0.717) is 5.70 Å². The van der Waals surface area contributed by atoms with Gasteiger partial charge < -0.3 is 9.80 Å². The molecule has 0 saturated heterocycles. The lowest BCUT2D eigenvalue weighted by atomic mass is 9.64. The number of nitrogens with zero attached hydrogens (tertiary/aromatic N) is 2. The van der Waals surface area contributed by atoms with Crippen molar-refractivity contribution < 1.29 is 28.0 Å². The van der Waals surface area contributed by atoms with Gasteiger partial charge >= 0.3 is 0 Å². The molecule has 2 aliphatic heterocycles. The van der Waals surface area contributed by atoms with Crippen molar-refractivity contribution in [3.05, 3.63) is 251 Å². The van der Waals surface area contributed by atoms with Crippen molar-refractivity contribution in [2.24, 2.45) is 5.92 Å². The third kappa shape index (κ3) is 10.9. The summed E-state index contributed by atoms with van der Waals surface area (Å²) in [5.74, 6) is -5.19. The minimum atomic E-state index is -2.91. The Morgan fingerprint density at radius 2 is 0.808 bits per heavy atom. The number of Topliss-reactive ketones (excluding diaryl/α,β-unsaturated/α-hetero) is 4. The number of ketones is 4. The molecule has 2 heterocycles. The van der Waals surface area contributed by atoms with Gasteiger partial charge in [-0.15, -0.1) is 0 Å². The highest BCUT2D eigenvalue weighted by atomic mass is 35.5. The zero-order valence-corrected chi connectivity index (χ0v) is 62.8. The lowest BCUT2D eigenvalue weighted by Gasteiger charge is -2.42. The van der Waals surface area contributed by atoms with Gasteiger partial charge in [0.05, 0.1) is 96.3 Å². The van der Waals surface area contributed by atoms with Crippen molar-refractivity contribution in [1.82, 2.24) is 0 Å². The number of carbonyl (C=O) groups is 4. The predicted octanol–water partition coefficient (Wildman–Crippen LogP) is 25.9. The van der Waals surface area contributed by atoms with Gasteiger partial charge in [-0.25, -0.2) is 8.78 Å². The highest BCUT2D eigenvalue weighted by molar-refractivity contribution is 6.59. The molecule has 14 rings (SSSR count). The molecule has 16 heteroatoms. The maximum atomic E-state index is 15.7. The molecule has 0 bridgehead atoms. The SMILES string of the molecule is Cc1cc(CC2CCC3(CC2)/C(=C/C=C2C(=O)c4c(Cl)c(Cl)c(Cl)c(Cl)c4C2=O)N(c2c(C(C)(C)C)cc(C(C)(C)C)cc2C(C)(C)C)c2ccc4ccccc4c23)cc(C)c1N1/C(=C\C=C2C(=O)c3c(Cl)c(Cl)c(Cl)c(Cl)c3C2=O)C2(CCC(F)(F)CC2)c2c1ccc1ccccc21. The first-order valence-corrected chi connectivity index (χ1v) is 36.6. The molecule has 0 N–H and O–H groups in total. The zero-order chi connectivity index (χ0) is 71.0. The maximum absolute atomic E-state index is 15.7. The quantitative estimate of drug-likeness (QED) is 0.0715. The molecule has 6 nitrogen and oxygen atoms in total. The fraction of sp³-hybridized carbons (Fsp3) is 0.325. The molecule has 0 radical (unpaired) electrons. The summed E-state index contributed by atoms with van der Waals surface area (Å²) < 4.78 is 31.4. The number of halogens is 10. The Labute approximate surface area is 616 Å². The second-order valence-electron chi connectivity index (χ2n) is 31.0. The first kappa shape index (κ1) is 69.8. The van der Waals surface area contributed by atoms with E-state index < -0.39 is 39.9 Å². The van der Waals surface area contributed by atoms with Crippen LogP contribution >= 0.6 is 92.8 Å². The van der Waals surface area contributed by atoms with Crippen LogP contribution in [0, 0.1) is 19.8 Å². The largest absolute Gasteiger partial charge is 0.312 e.